The van der Waals surface area contributed by atoms with Crippen molar-refractivity contribution in [3.63, 3.8) is 0 Å². The fourth-order valence-corrected chi connectivity index (χ4v) is 3.80. The number of carbonyl (C=O) groups is 1. The summed E-state index contributed by atoms with van der Waals surface area (Å²) in [7, 11) is 1.88. The van der Waals surface area contributed by atoms with Crippen molar-refractivity contribution in [3.8, 4) is 5.75 Å². The minimum atomic E-state index is -0.0768. The first kappa shape index (κ1) is 23.9. The Morgan fingerprint density at radius 2 is 1.72 bits per heavy atom. The molecule has 0 saturated heterocycles. The second-order valence-corrected chi connectivity index (χ2v) is 10.1. The zero-order valence-electron chi connectivity index (χ0n) is 19.7. The normalized spacial score (nSPS) is 11.6. The van der Waals surface area contributed by atoms with E-state index in [2.05, 4.69) is 62.3 Å². The lowest BCUT2D eigenvalue weighted by Crippen LogP contribution is -2.14. The van der Waals surface area contributed by atoms with Crippen LogP contribution in [0.3, 0.4) is 0 Å². The minimum absolute atomic E-state index is 0.0768. The Morgan fingerprint density at radius 1 is 1.06 bits per heavy atom. The molecule has 2 aromatic carbocycles. The number of amides is 1. The van der Waals surface area contributed by atoms with Crippen molar-refractivity contribution in [3.05, 3.63) is 65.5 Å². The van der Waals surface area contributed by atoms with Crippen LogP contribution in [0.2, 0.25) is 0 Å². The van der Waals surface area contributed by atoms with Gasteiger partial charge in [0.1, 0.15) is 12.4 Å². The van der Waals surface area contributed by atoms with Gasteiger partial charge in [0.25, 0.3) is 0 Å². The molecule has 1 heterocycles. The van der Waals surface area contributed by atoms with Gasteiger partial charge in [-0.2, -0.15) is 0 Å². The molecule has 0 bridgehead atoms. The van der Waals surface area contributed by atoms with E-state index in [1.807, 2.05) is 48.0 Å². The molecule has 1 N–H and O–H groups in total. The summed E-state index contributed by atoms with van der Waals surface area (Å²) in [5, 5.41) is 12.0. The topological polar surface area (TPSA) is 69.0 Å². The first-order chi connectivity index (χ1) is 15.1. The summed E-state index contributed by atoms with van der Waals surface area (Å²) in [6.07, 6.45) is 0. The molecule has 0 fully saturated rings. The summed E-state index contributed by atoms with van der Waals surface area (Å²) >= 11 is 1.35. The quantitative estimate of drug-likeness (QED) is 0.454. The van der Waals surface area contributed by atoms with Crippen LogP contribution in [0.1, 0.15) is 57.5 Å². The van der Waals surface area contributed by atoms with Crippen LogP contribution in [-0.2, 0) is 23.9 Å². The Balaban J connectivity index is 1.50. The number of hydrogen-bond donors (Lipinski definition) is 1. The largest absolute Gasteiger partial charge is 0.486 e. The van der Waals surface area contributed by atoms with Crippen molar-refractivity contribution in [2.45, 2.75) is 57.7 Å². The SMILES string of the molecule is CC(C)c1ccc(NC(=O)CSc2nnc(COc3ccc(C(C)(C)C)cc3)n2C)cc1. The van der Waals surface area contributed by atoms with Crippen LogP contribution >= 0.6 is 11.8 Å². The second-order valence-electron chi connectivity index (χ2n) is 9.13. The summed E-state index contributed by atoms with van der Waals surface area (Å²) < 4.78 is 7.73. The van der Waals surface area contributed by atoms with Crippen LogP contribution in [0.15, 0.2) is 53.7 Å². The number of nitrogens with zero attached hydrogens (tertiary/aromatic N) is 3. The van der Waals surface area contributed by atoms with Crippen molar-refractivity contribution in [1.82, 2.24) is 14.8 Å². The summed E-state index contributed by atoms with van der Waals surface area (Å²) in [5.74, 6) is 2.14. The average molecular weight is 453 g/mol. The summed E-state index contributed by atoms with van der Waals surface area (Å²) in [4.78, 5) is 12.3. The maximum Gasteiger partial charge on any atom is 0.234 e. The molecule has 0 aliphatic rings. The maximum absolute atomic E-state index is 12.3. The fourth-order valence-electron chi connectivity index (χ4n) is 3.07. The van der Waals surface area contributed by atoms with E-state index in [1.165, 1.54) is 22.9 Å². The molecule has 0 saturated carbocycles. The van der Waals surface area contributed by atoms with Gasteiger partial charge in [0.2, 0.25) is 5.91 Å². The molecule has 3 rings (SSSR count). The zero-order valence-corrected chi connectivity index (χ0v) is 20.5. The Morgan fingerprint density at radius 3 is 2.31 bits per heavy atom. The molecule has 170 valence electrons. The Bertz CT molecular complexity index is 1040. The van der Waals surface area contributed by atoms with Crippen molar-refractivity contribution in [1.29, 1.82) is 0 Å². The number of thioether (sulfide) groups is 1. The number of benzene rings is 2. The second kappa shape index (κ2) is 10.2. The highest BCUT2D eigenvalue weighted by Crippen LogP contribution is 2.25. The predicted molar refractivity (Wildman–Crippen MR) is 130 cm³/mol. The van der Waals surface area contributed by atoms with Crippen LogP contribution in [0, 0.1) is 0 Å². The lowest BCUT2D eigenvalue weighted by Gasteiger charge is -2.19. The maximum atomic E-state index is 12.3. The number of anilines is 1. The Hall–Kier alpha value is -2.80. The highest BCUT2D eigenvalue weighted by Gasteiger charge is 2.14. The molecule has 1 amide bonds. The molecule has 0 unspecified atom stereocenters. The Kier molecular flexibility index (Phi) is 7.61. The first-order valence-electron chi connectivity index (χ1n) is 10.8. The summed E-state index contributed by atoms with van der Waals surface area (Å²) in [6.45, 7) is 11.2. The van der Waals surface area contributed by atoms with E-state index in [-0.39, 0.29) is 17.1 Å². The Labute approximate surface area is 194 Å². The van der Waals surface area contributed by atoms with E-state index in [1.54, 1.807) is 0 Å². The molecular formula is C25H32N4O2S. The van der Waals surface area contributed by atoms with Crippen molar-refractivity contribution >= 4 is 23.4 Å². The van der Waals surface area contributed by atoms with Gasteiger partial charge in [0.15, 0.2) is 11.0 Å². The molecule has 1 aromatic heterocycles. The van der Waals surface area contributed by atoms with Gasteiger partial charge in [0, 0.05) is 12.7 Å². The van der Waals surface area contributed by atoms with E-state index < -0.39 is 0 Å². The summed E-state index contributed by atoms with van der Waals surface area (Å²) in [5.41, 5.74) is 3.41. The van der Waals surface area contributed by atoms with Gasteiger partial charge >= 0.3 is 0 Å². The number of hydrogen-bond acceptors (Lipinski definition) is 5. The van der Waals surface area contributed by atoms with Gasteiger partial charge < -0.3 is 14.6 Å². The van der Waals surface area contributed by atoms with Crippen molar-refractivity contribution in [2.75, 3.05) is 11.1 Å². The third-order valence-electron chi connectivity index (χ3n) is 5.21. The highest BCUT2D eigenvalue weighted by molar-refractivity contribution is 7.99. The van der Waals surface area contributed by atoms with Gasteiger partial charge in [-0.15, -0.1) is 10.2 Å². The first-order valence-corrected chi connectivity index (χ1v) is 11.8. The third kappa shape index (κ3) is 6.36. The molecule has 0 radical (unpaired) electrons. The molecule has 7 heteroatoms. The summed E-state index contributed by atoms with van der Waals surface area (Å²) in [6, 6.07) is 16.1. The van der Waals surface area contributed by atoms with Crippen molar-refractivity contribution in [2.24, 2.45) is 7.05 Å². The monoisotopic (exact) mass is 452 g/mol. The number of ether oxygens (including phenoxy) is 1. The van der Waals surface area contributed by atoms with E-state index in [0.717, 1.165) is 11.4 Å². The number of rotatable bonds is 8. The van der Waals surface area contributed by atoms with Gasteiger partial charge in [-0.25, -0.2) is 0 Å². The smallest absolute Gasteiger partial charge is 0.234 e. The molecule has 0 spiro atoms. The zero-order chi connectivity index (χ0) is 23.3. The standard InChI is InChI=1S/C25H32N4O2S/c1-17(2)18-7-11-20(12-8-18)26-23(30)16-32-24-28-27-22(29(24)6)15-31-21-13-9-19(10-14-21)25(3,4)5/h7-14,17H,15-16H2,1-6H3,(H,26,30). The van der Waals surface area contributed by atoms with Crippen LogP contribution < -0.4 is 10.1 Å². The van der Waals surface area contributed by atoms with E-state index in [9.17, 15) is 4.79 Å². The average Bonchev–Trinajstić information content (AvgIpc) is 3.10. The van der Waals surface area contributed by atoms with Crippen LogP contribution in [0.25, 0.3) is 0 Å². The van der Waals surface area contributed by atoms with Gasteiger partial charge in [0.05, 0.1) is 5.75 Å². The van der Waals surface area contributed by atoms with Crippen molar-refractivity contribution < 1.29 is 9.53 Å². The van der Waals surface area contributed by atoms with Gasteiger partial charge in [-0.3, -0.25) is 4.79 Å². The lowest BCUT2D eigenvalue weighted by molar-refractivity contribution is -0.113. The number of nitrogens with one attached hydrogen (secondary N) is 1. The fraction of sp³-hybridized carbons (Fsp3) is 0.400. The molecular weight excluding hydrogens is 420 g/mol. The number of carbonyl (C=O) groups excluding carboxylic acids is 1. The minimum Gasteiger partial charge on any atom is -0.486 e. The lowest BCUT2D eigenvalue weighted by atomic mass is 9.87. The number of aromatic nitrogens is 3. The highest BCUT2D eigenvalue weighted by atomic mass is 32.2. The molecule has 0 atom stereocenters. The van der Waals surface area contributed by atoms with Crippen LogP contribution in [0.4, 0.5) is 5.69 Å². The molecule has 32 heavy (non-hydrogen) atoms. The van der Waals surface area contributed by atoms with Crippen LogP contribution in [0.5, 0.6) is 5.75 Å². The third-order valence-corrected chi connectivity index (χ3v) is 6.23. The van der Waals surface area contributed by atoms with Gasteiger partial charge in [-0.1, -0.05) is 70.6 Å². The van der Waals surface area contributed by atoms with E-state index in [4.69, 9.17) is 4.74 Å². The predicted octanol–water partition coefficient (Wildman–Crippen LogP) is 5.55. The van der Waals surface area contributed by atoms with Crippen LogP contribution in [-0.4, -0.2) is 26.4 Å². The van der Waals surface area contributed by atoms with E-state index >= 15 is 0 Å². The van der Waals surface area contributed by atoms with E-state index in [0.29, 0.717) is 23.5 Å². The van der Waals surface area contributed by atoms with Gasteiger partial charge in [-0.05, 0) is 46.7 Å². The molecule has 6 nitrogen and oxygen atoms in total. The molecule has 0 aliphatic heterocycles. The molecule has 3 aromatic rings. The molecule has 0 aliphatic carbocycles.